The van der Waals surface area contributed by atoms with Crippen LogP contribution in [0.3, 0.4) is 0 Å². The maximum atomic E-state index is 12.4. The van der Waals surface area contributed by atoms with Crippen molar-refractivity contribution in [1.29, 1.82) is 0 Å². The highest BCUT2D eigenvalue weighted by molar-refractivity contribution is 5.83. The second kappa shape index (κ2) is 10.3. The highest BCUT2D eigenvalue weighted by Crippen LogP contribution is 2.38. The number of ether oxygens (including phenoxy) is 2. The van der Waals surface area contributed by atoms with Crippen molar-refractivity contribution >= 4 is 23.1 Å². The lowest BCUT2D eigenvalue weighted by atomic mass is 9.86. The Bertz CT molecular complexity index is 1250. The summed E-state index contributed by atoms with van der Waals surface area (Å²) in [6.07, 6.45) is 4.47. The van der Waals surface area contributed by atoms with Crippen LogP contribution in [0.15, 0.2) is 42.5 Å². The molecule has 1 aromatic heterocycles. The quantitative estimate of drug-likeness (QED) is 0.537. The van der Waals surface area contributed by atoms with E-state index in [1.165, 1.54) is 12.7 Å². The molecule has 0 saturated heterocycles. The van der Waals surface area contributed by atoms with Gasteiger partial charge < -0.3 is 24.0 Å². The van der Waals surface area contributed by atoms with E-state index in [9.17, 15) is 14.7 Å². The van der Waals surface area contributed by atoms with Crippen LogP contribution in [0, 0.1) is 0 Å². The Morgan fingerprint density at radius 1 is 1.08 bits per heavy atom. The lowest BCUT2D eigenvalue weighted by Gasteiger charge is -2.28. The highest BCUT2D eigenvalue weighted by Gasteiger charge is 2.31. The minimum absolute atomic E-state index is 0.227. The van der Waals surface area contributed by atoms with E-state index >= 15 is 0 Å². The van der Waals surface area contributed by atoms with Gasteiger partial charge in [0.15, 0.2) is 0 Å². The Labute approximate surface area is 210 Å². The largest absolute Gasteiger partial charge is 0.481 e. The first-order chi connectivity index (χ1) is 17.5. The number of carbonyl (C=O) groups excluding carboxylic acids is 1. The minimum atomic E-state index is -0.855. The highest BCUT2D eigenvalue weighted by atomic mass is 16.5. The number of nitrogens with zero attached hydrogens (tertiary/aromatic N) is 3. The third-order valence-electron chi connectivity index (χ3n) is 7.82. The maximum absolute atomic E-state index is 12.4. The fraction of sp³-hybridized carbons (Fsp3) is 0.464. The van der Waals surface area contributed by atoms with Crippen molar-refractivity contribution in [2.24, 2.45) is 0 Å². The maximum Gasteiger partial charge on any atom is 0.409 e. The van der Waals surface area contributed by atoms with E-state index in [2.05, 4.69) is 16.7 Å². The number of carbonyl (C=O) groups is 2. The van der Waals surface area contributed by atoms with Gasteiger partial charge in [0.1, 0.15) is 5.82 Å². The first-order valence-electron chi connectivity index (χ1n) is 12.6. The number of rotatable bonds is 6. The van der Waals surface area contributed by atoms with Gasteiger partial charge >= 0.3 is 12.1 Å². The molecule has 1 amide bonds. The summed E-state index contributed by atoms with van der Waals surface area (Å²) >= 11 is 0. The molecule has 1 fully saturated rings. The second-order valence-corrected chi connectivity index (χ2v) is 9.80. The molecule has 1 aliphatic heterocycles. The summed E-state index contributed by atoms with van der Waals surface area (Å²) in [5.41, 5.74) is 4.77. The molecule has 3 aromatic rings. The van der Waals surface area contributed by atoms with Crippen molar-refractivity contribution < 1.29 is 24.2 Å². The number of fused-ring (bicyclic) bond motifs is 3. The molecule has 8 nitrogen and oxygen atoms in total. The normalized spacial score (nSPS) is 20.7. The van der Waals surface area contributed by atoms with Crippen LogP contribution in [0.25, 0.3) is 11.0 Å². The third-order valence-corrected chi connectivity index (χ3v) is 7.82. The molecule has 0 unspecified atom stereocenters. The van der Waals surface area contributed by atoms with E-state index in [1.807, 2.05) is 30.3 Å². The van der Waals surface area contributed by atoms with Crippen molar-refractivity contribution in [2.45, 2.75) is 63.1 Å². The summed E-state index contributed by atoms with van der Waals surface area (Å²) in [5, 5.41) is 10.2. The molecule has 1 atom stereocenters. The number of carboxylic acids is 1. The molecule has 1 N–H and O–H groups in total. The zero-order valence-corrected chi connectivity index (χ0v) is 20.9. The van der Waals surface area contributed by atoms with Gasteiger partial charge in [-0.2, -0.15) is 0 Å². The third kappa shape index (κ3) is 4.57. The molecule has 0 spiro atoms. The molecule has 2 aromatic carbocycles. The summed E-state index contributed by atoms with van der Waals surface area (Å²) in [7, 11) is 3.16. The number of aliphatic carboxylic acids is 1. The molecule has 36 heavy (non-hydrogen) atoms. The van der Waals surface area contributed by atoms with Gasteiger partial charge in [-0.15, -0.1) is 0 Å². The summed E-state index contributed by atoms with van der Waals surface area (Å²) in [6.45, 7) is 1.34. The molecular weight excluding hydrogens is 458 g/mol. The van der Waals surface area contributed by atoms with Gasteiger partial charge in [0.05, 0.1) is 36.7 Å². The van der Waals surface area contributed by atoms with Gasteiger partial charge in [-0.25, -0.2) is 9.78 Å². The molecule has 1 saturated carbocycles. The number of benzene rings is 2. The number of hydrogen-bond donors (Lipinski definition) is 1. The fourth-order valence-electron chi connectivity index (χ4n) is 5.78. The lowest BCUT2D eigenvalue weighted by Crippen LogP contribution is -2.35. The van der Waals surface area contributed by atoms with Crippen LogP contribution in [0.5, 0.6) is 0 Å². The Kier molecular flexibility index (Phi) is 6.96. The molecule has 190 valence electrons. The van der Waals surface area contributed by atoms with Crippen LogP contribution in [0.2, 0.25) is 0 Å². The van der Waals surface area contributed by atoms with Crippen LogP contribution in [0.4, 0.5) is 4.79 Å². The minimum Gasteiger partial charge on any atom is -0.481 e. The molecule has 2 heterocycles. The first kappa shape index (κ1) is 24.3. The van der Waals surface area contributed by atoms with E-state index in [-0.39, 0.29) is 18.1 Å². The molecule has 5 rings (SSSR count). The summed E-state index contributed by atoms with van der Waals surface area (Å²) in [4.78, 5) is 31.6. The number of aromatic nitrogens is 2. The molecule has 2 aliphatic rings. The molecule has 0 bridgehead atoms. The smallest absolute Gasteiger partial charge is 0.409 e. The topological polar surface area (TPSA) is 93.9 Å². The standard InChI is InChI=1S/C28H33N3O5/c1-35-21-11-8-20(9-12-21)26-29-25-22-16-30(28(34)36-2)15-14-19(22)10-13-24(25)31(26)17-23(27(32)33)18-6-4-3-5-7-18/h3-7,10,13,20-21,23H,8-9,11-12,14-17H2,1-2H3,(H,32,33)/t20-,21+,23-/m0/s1. The van der Waals surface area contributed by atoms with E-state index in [0.29, 0.717) is 19.6 Å². The van der Waals surface area contributed by atoms with E-state index in [4.69, 9.17) is 14.5 Å². The van der Waals surface area contributed by atoms with E-state index in [1.54, 1.807) is 12.0 Å². The SMILES string of the molecule is COC(=O)N1CCc2ccc3c(nc([C@H]4CC[C@@H](OC)CC4)n3C[C@H](C(=O)O)c3ccccc3)c2C1. The molecule has 0 radical (unpaired) electrons. The van der Waals surface area contributed by atoms with Crippen molar-refractivity contribution in [3.05, 3.63) is 65.0 Å². The van der Waals surface area contributed by atoms with Crippen LogP contribution >= 0.6 is 0 Å². The van der Waals surface area contributed by atoms with Gasteiger partial charge in [0.25, 0.3) is 0 Å². The van der Waals surface area contributed by atoms with Gasteiger partial charge in [0.2, 0.25) is 0 Å². The molecule has 1 aliphatic carbocycles. The molecular formula is C28H33N3O5. The van der Waals surface area contributed by atoms with Crippen LogP contribution in [0.1, 0.15) is 60.0 Å². The summed E-state index contributed by atoms with van der Waals surface area (Å²) in [6, 6.07) is 13.6. The van der Waals surface area contributed by atoms with Crippen LogP contribution in [-0.2, 0) is 33.8 Å². The average molecular weight is 492 g/mol. The van der Waals surface area contributed by atoms with Crippen molar-refractivity contribution in [1.82, 2.24) is 14.5 Å². The van der Waals surface area contributed by atoms with Crippen LogP contribution < -0.4 is 0 Å². The Balaban J connectivity index is 1.60. The summed E-state index contributed by atoms with van der Waals surface area (Å²) in [5.74, 6) is -0.387. The Morgan fingerprint density at radius 2 is 1.83 bits per heavy atom. The lowest BCUT2D eigenvalue weighted by molar-refractivity contribution is -0.139. The van der Waals surface area contributed by atoms with Gasteiger partial charge in [-0.05, 0) is 49.3 Å². The fourth-order valence-corrected chi connectivity index (χ4v) is 5.78. The zero-order chi connectivity index (χ0) is 25.2. The second-order valence-electron chi connectivity index (χ2n) is 9.80. The first-order valence-corrected chi connectivity index (χ1v) is 12.6. The van der Waals surface area contributed by atoms with Crippen LogP contribution in [-0.4, -0.2) is 58.5 Å². The number of carboxylic acid groups (broad SMARTS) is 1. The number of hydrogen-bond acceptors (Lipinski definition) is 5. The summed E-state index contributed by atoms with van der Waals surface area (Å²) < 4.78 is 12.7. The predicted molar refractivity (Wildman–Crippen MR) is 135 cm³/mol. The Morgan fingerprint density at radius 3 is 2.50 bits per heavy atom. The number of methoxy groups -OCH3 is 2. The predicted octanol–water partition coefficient (Wildman–Crippen LogP) is 4.70. The van der Waals surface area contributed by atoms with E-state index in [0.717, 1.165) is 60.1 Å². The van der Waals surface area contributed by atoms with Gasteiger partial charge in [-0.3, -0.25) is 4.79 Å². The number of amides is 1. The van der Waals surface area contributed by atoms with Gasteiger partial charge in [-0.1, -0.05) is 36.4 Å². The van der Waals surface area contributed by atoms with Crippen molar-refractivity contribution in [3.8, 4) is 0 Å². The monoisotopic (exact) mass is 491 g/mol. The van der Waals surface area contributed by atoms with Crippen molar-refractivity contribution in [2.75, 3.05) is 20.8 Å². The molecule has 8 heteroatoms. The van der Waals surface area contributed by atoms with Gasteiger partial charge in [0, 0.05) is 31.7 Å². The Hall–Kier alpha value is -3.39. The van der Waals surface area contributed by atoms with E-state index < -0.39 is 11.9 Å². The van der Waals surface area contributed by atoms with Crippen molar-refractivity contribution in [3.63, 3.8) is 0 Å². The average Bonchev–Trinajstić information content (AvgIpc) is 3.30. The number of imidazole rings is 1. The zero-order valence-electron chi connectivity index (χ0n) is 20.9.